The smallest absolute Gasteiger partial charge is 0.368 e. The monoisotopic (exact) mass is 232 g/mol. The molecule has 4 nitrogen and oxygen atoms in total. The van der Waals surface area contributed by atoms with E-state index in [2.05, 4.69) is 9.97 Å². The number of hydrogen-bond donors (Lipinski definition) is 1. The van der Waals surface area contributed by atoms with E-state index in [0.717, 1.165) is 11.3 Å². The van der Waals surface area contributed by atoms with Crippen LogP contribution in [0, 0.1) is 0 Å². The number of rotatable bonds is 1. The van der Waals surface area contributed by atoms with Crippen molar-refractivity contribution in [2.24, 2.45) is 0 Å². The molecule has 7 heteroatoms. The highest BCUT2D eigenvalue weighted by Crippen LogP contribution is 2.22. The molecule has 0 saturated heterocycles. The van der Waals surface area contributed by atoms with E-state index in [4.69, 9.17) is 5.73 Å². The average Bonchev–Trinajstić information content (AvgIpc) is 2.16. The molecular formula is C9H11F3N4. The SMILES string of the molecule is Nc1ncc2c(n1)CCN(CC(F)(F)F)C2. The Morgan fingerprint density at radius 2 is 2.19 bits per heavy atom. The molecule has 2 N–H and O–H groups in total. The normalized spacial score (nSPS) is 17.2. The lowest BCUT2D eigenvalue weighted by Crippen LogP contribution is -2.38. The lowest BCUT2D eigenvalue weighted by Gasteiger charge is -2.28. The summed E-state index contributed by atoms with van der Waals surface area (Å²) >= 11 is 0. The Bertz CT molecular complexity index is 391. The van der Waals surface area contributed by atoms with Crippen molar-refractivity contribution in [3.63, 3.8) is 0 Å². The van der Waals surface area contributed by atoms with E-state index in [1.54, 1.807) is 0 Å². The summed E-state index contributed by atoms with van der Waals surface area (Å²) in [6.45, 7) is -0.311. The van der Waals surface area contributed by atoms with Gasteiger partial charge in [0.05, 0.1) is 12.2 Å². The van der Waals surface area contributed by atoms with Crippen molar-refractivity contribution in [2.45, 2.75) is 19.1 Å². The number of halogens is 3. The van der Waals surface area contributed by atoms with Gasteiger partial charge in [-0.3, -0.25) is 4.90 Å². The summed E-state index contributed by atoms with van der Waals surface area (Å²) < 4.78 is 36.6. The van der Waals surface area contributed by atoms with Gasteiger partial charge in [-0.2, -0.15) is 13.2 Å². The van der Waals surface area contributed by atoms with Crippen molar-refractivity contribution >= 4 is 5.95 Å². The molecule has 1 aromatic rings. The zero-order valence-corrected chi connectivity index (χ0v) is 8.46. The van der Waals surface area contributed by atoms with Crippen molar-refractivity contribution in [1.29, 1.82) is 0 Å². The van der Waals surface area contributed by atoms with Crippen LogP contribution < -0.4 is 5.73 Å². The van der Waals surface area contributed by atoms with E-state index in [1.165, 1.54) is 11.1 Å². The standard InChI is InChI=1S/C9H11F3N4/c10-9(11,12)5-16-2-1-7-6(4-16)3-14-8(13)15-7/h3H,1-2,4-5H2,(H2,13,14,15). The number of nitrogens with zero attached hydrogens (tertiary/aromatic N) is 3. The Labute approximate surface area is 90.3 Å². The van der Waals surface area contributed by atoms with Crippen LogP contribution in [0.3, 0.4) is 0 Å². The van der Waals surface area contributed by atoms with E-state index >= 15 is 0 Å². The molecule has 1 aromatic heterocycles. The maximum absolute atomic E-state index is 12.2. The number of nitrogen functional groups attached to an aromatic ring is 1. The third-order valence-electron chi connectivity index (χ3n) is 2.43. The summed E-state index contributed by atoms with van der Waals surface area (Å²) in [5.74, 6) is 0.169. The van der Waals surface area contributed by atoms with Gasteiger partial charge in [0.15, 0.2) is 0 Å². The second kappa shape index (κ2) is 3.89. The summed E-state index contributed by atoms with van der Waals surface area (Å²) in [5, 5.41) is 0. The van der Waals surface area contributed by atoms with Crippen LogP contribution >= 0.6 is 0 Å². The molecule has 16 heavy (non-hydrogen) atoms. The summed E-state index contributed by atoms with van der Waals surface area (Å²) in [7, 11) is 0. The number of anilines is 1. The Kier molecular flexibility index (Phi) is 2.71. The molecule has 1 aliphatic heterocycles. The molecule has 0 fully saturated rings. The molecule has 0 unspecified atom stereocenters. The van der Waals surface area contributed by atoms with Gasteiger partial charge in [0, 0.05) is 31.3 Å². The quantitative estimate of drug-likeness (QED) is 0.784. The first-order chi connectivity index (χ1) is 7.44. The number of aromatic nitrogens is 2. The van der Waals surface area contributed by atoms with Crippen LogP contribution in [0.4, 0.5) is 19.1 Å². The highest BCUT2D eigenvalue weighted by Gasteiger charge is 2.32. The fourth-order valence-electron chi connectivity index (χ4n) is 1.78. The Morgan fingerprint density at radius 3 is 2.88 bits per heavy atom. The van der Waals surface area contributed by atoms with Crippen LogP contribution in [0.15, 0.2) is 6.20 Å². The van der Waals surface area contributed by atoms with Crippen LogP contribution in [0.25, 0.3) is 0 Å². The predicted molar refractivity (Wildman–Crippen MR) is 51.5 cm³/mol. The zero-order chi connectivity index (χ0) is 11.8. The van der Waals surface area contributed by atoms with Crippen molar-refractivity contribution in [1.82, 2.24) is 14.9 Å². The van der Waals surface area contributed by atoms with Crippen molar-refractivity contribution in [2.75, 3.05) is 18.8 Å². The van der Waals surface area contributed by atoms with Gasteiger partial charge in [-0.05, 0) is 0 Å². The van der Waals surface area contributed by atoms with Crippen LogP contribution in [-0.2, 0) is 13.0 Å². The van der Waals surface area contributed by atoms with Crippen LogP contribution in [-0.4, -0.2) is 34.1 Å². The first kappa shape index (κ1) is 11.1. The molecule has 0 saturated carbocycles. The van der Waals surface area contributed by atoms with Gasteiger partial charge in [0.1, 0.15) is 0 Å². The van der Waals surface area contributed by atoms with E-state index in [-0.39, 0.29) is 12.5 Å². The molecule has 0 bridgehead atoms. The van der Waals surface area contributed by atoms with Crippen LogP contribution in [0.1, 0.15) is 11.3 Å². The van der Waals surface area contributed by atoms with Gasteiger partial charge in [-0.1, -0.05) is 0 Å². The molecule has 0 radical (unpaired) electrons. The van der Waals surface area contributed by atoms with E-state index in [1.807, 2.05) is 0 Å². The molecule has 0 aliphatic carbocycles. The summed E-state index contributed by atoms with van der Waals surface area (Å²) in [6.07, 6.45) is -2.18. The second-order valence-corrected chi connectivity index (χ2v) is 3.78. The number of fused-ring (bicyclic) bond motifs is 1. The van der Waals surface area contributed by atoms with Gasteiger partial charge in [0.2, 0.25) is 5.95 Å². The number of nitrogens with two attached hydrogens (primary N) is 1. The van der Waals surface area contributed by atoms with Crippen molar-refractivity contribution in [3.05, 3.63) is 17.5 Å². The second-order valence-electron chi connectivity index (χ2n) is 3.78. The molecule has 0 atom stereocenters. The average molecular weight is 232 g/mol. The van der Waals surface area contributed by atoms with Crippen molar-refractivity contribution < 1.29 is 13.2 Å². The van der Waals surface area contributed by atoms with Gasteiger partial charge in [-0.15, -0.1) is 0 Å². The minimum Gasteiger partial charge on any atom is -0.368 e. The molecule has 2 heterocycles. The minimum absolute atomic E-state index is 0.169. The molecule has 0 amide bonds. The molecular weight excluding hydrogens is 221 g/mol. The highest BCUT2D eigenvalue weighted by molar-refractivity contribution is 5.26. The Morgan fingerprint density at radius 1 is 1.44 bits per heavy atom. The van der Waals surface area contributed by atoms with Crippen LogP contribution in [0.5, 0.6) is 0 Å². The van der Waals surface area contributed by atoms with Crippen molar-refractivity contribution in [3.8, 4) is 0 Å². The minimum atomic E-state index is -4.16. The number of alkyl halides is 3. The van der Waals surface area contributed by atoms with Gasteiger partial charge < -0.3 is 5.73 Å². The fourth-order valence-corrected chi connectivity index (χ4v) is 1.78. The first-order valence-corrected chi connectivity index (χ1v) is 4.83. The van der Waals surface area contributed by atoms with Crippen LogP contribution in [0.2, 0.25) is 0 Å². The number of hydrogen-bond acceptors (Lipinski definition) is 4. The predicted octanol–water partition coefficient (Wildman–Crippen LogP) is 0.979. The lowest BCUT2D eigenvalue weighted by atomic mass is 10.1. The molecule has 1 aliphatic rings. The van der Waals surface area contributed by atoms with E-state index < -0.39 is 12.7 Å². The first-order valence-electron chi connectivity index (χ1n) is 4.83. The summed E-state index contributed by atoms with van der Waals surface area (Å²) in [6, 6.07) is 0. The molecule has 88 valence electrons. The maximum atomic E-state index is 12.2. The summed E-state index contributed by atoms with van der Waals surface area (Å²) in [4.78, 5) is 9.12. The van der Waals surface area contributed by atoms with E-state index in [0.29, 0.717) is 13.0 Å². The van der Waals surface area contributed by atoms with E-state index in [9.17, 15) is 13.2 Å². The highest BCUT2D eigenvalue weighted by atomic mass is 19.4. The zero-order valence-electron chi connectivity index (χ0n) is 8.46. The third-order valence-corrected chi connectivity index (χ3v) is 2.43. The maximum Gasteiger partial charge on any atom is 0.401 e. The molecule has 2 rings (SSSR count). The van der Waals surface area contributed by atoms with Gasteiger partial charge >= 0.3 is 6.18 Å². The largest absolute Gasteiger partial charge is 0.401 e. The molecule has 0 spiro atoms. The molecule has 0 aromatic carbocycles. The topological polar surface area (TPSA) is 55.0 Å². The Balaban J connectivity index is 2.09. The van der Waals surface area contributed by atoms with Gasteiger partial charge in [-0.25, -0.2) is 9.97 Å². The third kappa shape index (κ3) is 2.60. The Hall–Kier alpha value is -1.37. The van der Waals surface area contributed by atoms with Gasteiger partial charge in [0.25, 0.3) is 0 Å². The summed E-state index contributed by atoms with van der Waals surface area (Å²) in [5.41, 5.74) is 6.88. The lowest BCUT2D eigenvalue weighted by molar-refractivity contribution is -0.147. The fraction of sp³-hybridized carbons (Fsp3) is 0.556.